The summed E-state index contributed by atoms with van der Waals surface area (Å²) in [4.78, 5) is 9.50. The third-order valence-corrected chi connectivity index (χ3v) is 4.00. The molecule has 0 aromatic heterocycles. The summed E-state index contributed by atoms with van der Waals surface area (Å²) in [6.45, 7) is 1.85. The van der Waals surface area contributed by atoms with Crippen LogP contribution in [0.3, 0.4) is 0 Å². The maximum absolute atomic E-state index is 12.1. The van der Waals surface area contributed by atoms with Crippen molar-refractivity contribution in [1.82, 2.24) is 4.72 Å². The van der Waals surface area contributed by atoms with Crippen molar-refractivity contribution >= 4 is 15.7 Å². The van der Waals surface area contributed by atoms with Gasteiger partial charge < -0.3 is 5.11 Å². The summed E-state index contributed by atoms with van der Waals surface area (Å²) in [5.74, 6) is 1.70. The number of hydrogen-bond acceptors (Lipinski definition) is 5. The number of phenols is 1. The third-order valence-electron chi connectivity index (χ3n) is 2.53. The average Bonchev–Trinajstić information content (AvgIpc) is 2.37. The summed E-state index contributed by atoms with van der Waals surface area (Å²) in [6, 6.07) is 2.14. The Morgan fingerprint density at radius 1 is 1.55 bits per heavy atom. The molecule has 1 atom stereocenters. The van der Waals surface area contributed by atoms with Crippen LogP contribution in [0.5, 0.6) is 5.75 Å². The lowest BCUT2D eigenvalue weighted by Crippen LogP contribution is -2.33. The average molecular weight is 298 g/mol. The number of benzene rings is 1. The second kappa shape index (κ2) is 6.36. The van der Waals surface area contributed by atoms with Gasteiger partial charge in [-0.3, -0.25) is 10.1 Å². The zero-order chi connectivity index (χ0) is 15.3. The van der Waals surface area contributed by atoms with Crippen LogP contribution in [0.1, 0.15) is 19.8 Å². The number of nitrogens with one attached hydrogen (secondary N) is 1. The highest BCUT2D eigenvalue weighted by molar-refractivity contribution is 7.89. The molecule has 0 saturated heterocycles. The largest absolute Gasteiger partial charge is 0.502 e. The van der Waals surface area contributed by atoms with Crippen molar-refractivity contribution in [2.45, 2.75) is 30.7 Å². The van der Waals surface area contributed by atoms with Crippen molar-refractivity contribution in [2.75, 3.05) is 0 Å². The van der Waals surface area contributed by atoms with Crippen molar-refractivity contribution in [2.24, 2.45) is 0 Å². The summed E-state index contributed by atoms with van der Waals surface area (Å²) in [7, 11) is -3.97. The molecule has 1 aromatic carbocycles. The van der Waals surface area contributed by atoms with E-state index in [0.29, 0.717) is 12.8 Å². The van der Waals surface area contributed by atoms with E-state index in [1.54, 1.807) is 0 Å². The normalized spacial score (nSPS) is 12.6. The van der Waals surface area contributed by atoms with Crippen LogP contribution in [0.4, 0.5) is 5.69 Å². The Labute approximate surface area is 116 Å². The molecule has 1 aromatic rings. The van der Waals surface area contributed by atoms with E-state index in [0.717, 1.165) is 18.2 Å². The van der Waals surface area contributed by atoms with Crippen LogP contribution >= 0.6 is 0 Å². The highest BCUT2D eigenvalue weighted by Gasteiger charge is 2.23. The molecular weight excluding hydrogens is 284 g/mol. The van der Waals surface area contributed by atoms with Crippen molar-refractivity contribution in [3.05, 3.63) is 28.3 Å². The van der Waals surface area contributed by atoms with Gasteiger partial charge in [0.2, 0.25) is 10.0 Å². The number of terminal acetylenes is 1. The lowest BCUT2D eigenvalue weighted by Gasteiger charge is -2.12. The number of nitro groups is 1. The van der Waals surface area contributed by atoms with Gasteiger partial charge in [0, 0.05) is 6.07 Å². The number of nitrogens with zero attached hydrogens (tertiary/aromatic N) is 1. The predicted octanol–water partition coefficient (Wildman–Crippen LogP) is 1.38. The maximum atomic E-state index is 12.1. The molecule has 0 spiro atoms. The van der Waals surface area contributed by atoms with E-state index >= 15 is 0 Å². The molecule has 1 rings (SSSR count). The fourth-order valence-corrected chi connectivity index (χ4v) is 2.75. The first kappa shape index (κ1) is 15.9. The summed E-state index contributed by atoms with van der Waals surface area (Å²) < 4.78 is 26.4. The standard InChI is InChI=1S/C12H14N2O5S/c1-3-5-9(4-2)13-20(18,19)10-6-7-12(15)11(8-10)14(16)17/h2,6-9,13,15H,3,5H2,1H3. The molecule has 108 valence electrons. The van der Waals surface area contributed by atoms with Crippen LogP contribution in [0.2, 0.25) is 0 Å². The van der Waals surface area contributed by atoms with E-state index in [-0.39, 0.29) is 4.90 Å². The summed E-state index contributed by atoms with van der Waals surface area (Å²) in [5.41, 5.74) is -0.680. The first-order valence-corrected chi connectivity index (χ1v) is 7.26. The molecular formula is C12H14N2O5S. The molecule has 0 bridgehead atoms. The molecule has 7 nitrogen and oxygen atoms in total. The molecule has 20 heavy (non-hydrogen) atoms. The Balaban J connectivity index is 3.13. The molecule has 2 N–H and O–H groups in total. The van der Waals surface area contributed by atoms with Crippen LogP contribution < -0.4 is 4.72 Å². The molecule has 1 unspecified atom stereocenters. The van der Waals surface area contributed by atoms with Gasteiger partial charge in [0.05, 0.1) is 15.9 Å². The molecule has 0 aliphatic rings. The van der Waals surface area contributed by atoms with E-state index in [2.05, 4.69) is 10.6 Å². The van der Waals surface area contributed by atoms with E-state index < -0.39 is 32.4 Å². The second-order valence-electron chi connectivity index (χ2n) is 4.04. The summed E-state index contributed by atoms with van der Waals surface area (Å²) in [5, 5.41) is 20.0. The highest BCUT2D eigenvalue weighted by Crippen LogP contribution is 2.28. The van der Waals surface area contributed by atoms with Crippen LogP contribution in [-0.4, -0.2) is 24.5 Å². The zero-order valence-electron chi connectivity index (χ0n) is 10.7. The van der Waals surface area contributed by atoms with Gasteiger partial charge in [-0.15, -0.1) is 6.42 Å². The molecule has 0 radical (unpaired) electrons. The number of hydrogen-bond donors (Lipinski definition) is 2. The Morgan fingerprint density at radius 2 is 2.20 bits per heavy atom. The van der Waals surface area contributed by atoms with E-state index in [4.69, 9.17) is 6.42 Å². The van der Waals surface area contributed by atoms with E-state index in [1.807, 2.05) is 6.92 Å². The highest BCUT2D eigenvalue weighted by atomic mass is 32.2. The Morgan fingerprint density at radius 3 is 2.70 bits per heavy atom. The minimum absolute atomic E-state index is 0.321. The molecule has 0 heterocycles. The van der Waals surface area contributed by atoms with Gasteiger partial charge in [-0.2, -0.15) is 4.72 Å². The summed E-state index contributed by atoms with van der Waals surface area (Å²) in [6.07, 6.45) is 6.36. The first-order chi connectivity index (χ1) is 9.31. The third kappa shape index (κ3) is 3.69. The van der Waals surface area contributed by atoms with E-state index in [9.17, 15) is 23.6 Å². The minimum Gasteiger partial charge on any atom is -0.502 e. The van der Waals surface area contributed by atoms with Gasteiger partial charge in [0.15, 0.2) is 5.75 Å². The predicted molar refractivity (Wildman–Crippen MR) is 72.6 cm³/mol. The van der Waals surface area contributed by atoms with Crippen molar-refractivity contribution in [3.63, 3.8) is 0 Å². The van der Waals surface area contributed by atoms with Crippen molar-refractivity contribution < 1.29 is 18.4 Å². The number of aromatic hydroxyl groups is 1. The van der Waals surface area contributed by atoms with Gasteiger partial charge >= 0.3 is 5.69 Å². The smallest absolute Gasteiger partial charge is 0.312 e. The summed E-state index contributed by atoms with van der Waals surface area (Å²) >= 11 is 0. The van der Waals surface area contributed by atoms with Crippen LogP contribution in [0.25, 0.3) is 0 Å². The number of rotatable bonds is 6. The fraction of sp³-hybridized carbons (Fsp3) is 0.333. The monoisotopic (exact) mass is 298 g/mol. The topological polar surface area (TPSA) is 110 Å². The molecule has 8 heteroatoms. The minimum atomic E-state index is -3.97. The maximum Gasteiger partial charge on any atom is 0.312 e. The van der Waals surface area contributed by atoms with Gasteiger partial charge in [0.1, 0.15) is 0 Å². The molecule has 0 amide bonds. The SMILES string of the molecule is C#CC(CCC)NS(=O)(=O)c1ccc(O)c([N+](=O)[O-])c1. The quantitative estimate of drug-likeness (QED) is 0.468. The van der Waals surface area contributed by atoms with Crippen molar-refractivity contribution in [3.8, 4) is 18.1 Å². The van der Waals surface area contributed by atoms with Crippen LogP contribution in [-0.2, 0) is 10.0 Å². The van der Waals surface area contributed by atoms with Crippen LogP contribution in [0, 0.1) is 22.5 Å². The molecule has 0 fully saturated rings. The van der Waals surface area contributed by atoms with Gasteiger partial charge in [-0.25, -0.2) is 8.42 Å². The Kier molecular flexibility index (Phi) is 5.07. The molecule has 0 aliphatic heterocycles. The number of phenolic OH excluding ortho intramolecular Hbond substituents is 1. The number of nitro benzene ring substituents is 1. The van der Waals surface area contributed by atoms with Gasteiger partial charge in [-0.1, -0.05) is 19.3 Å². The fourth-order valence-electron chi connectivity index (χ4n) is 1.54. The van der Waals surface area contributed by atoms with Gasteiger partial charge in [0.25, 0.3) is 0 Å². The lowest BCUT2D eigenvalue weighted by molar-refractivity contribution is -0.386. The Hall–Kier alpha value is -2.11. The Bertz CT molecular complexity index is 648. The lowest BCUT2D eigenvalue weighted by atomic mass is 10.2. The van der Waals surface area contributed by atoms with Crippen molar-refractivity contribution in [1.29, 1.82) is 0 Å². The molecule has 0 saturated carbocycles. The second-order valence-corrected chi connectivity index (χ2v) is 5.75. The first-order valence-electron chi connectivity index (χ1n) is 5.77. The molecule has 0 aliphatic carbocycles. The van der Waals surface area contributed by atoms with E-state index in [1.165, 1.54) is 0 Å². The zero-order valence-corrected chi connectivity index (χ0v) is 11.6. The van der Waals surface area contributed by atoms with Crippen LogP contribution in [0.15, 0.2) is 23.1 Å². The van der Waals surface area contributed by atoms with Gasteiger partial charge in [-0.05, 0) is 18.6 Å². The number of sulfonamides is 1.